The zero-order valence-electron chi connectivity index (χ0n) is 12.8. The third kappa shape index (κ3) is 3.60. The van der Waals surface area contributed by atoms with Crippen LogP contribution in [0, 0.1) is 5.92 Å². The van der Waals surface area contributed by atoms with Crippen LogP contribution in [0.3, 0.4) is 0 Å². The molecule has 0 bridgehead atoms. The zero-order chi connectivity index (χ0) is 14.6. The number of carbonyl (C=O) groups excluding carboxylic acids is 1. The minimum Gasteiger partial charge on any atom is -0.356 e. The maximum atomic E-state index is 11.8. The molecule has 20 heavy (non-hydrogen) atoms. The van der Waals surface area contributed by atoms with Gasteiger partial charge >= 0.3 is 0 Å². The Hall–Kier alpha value is -1.36. The molecule has 2 heterocycles. The largest absolute Gasteiger partial charge is 0.356 e. The summed E-state index contributed by atoms with van der Waals surface area (Å²) in [5.41, 5.74) is 1.38. The normalized spacial score (nSPS) is 22.4. The molecule has 5 nitrogen and oxygen atoms in total. The van der Waals surface area contributed by atoms with E-state index in [2.05, 4.69) is 41.0 Å². The second-order valence-corrected chi connectivity index (χ2v) is 6.41. The molecule has 2 rings (SSSR count). The minimum absolute atomic E-state index is 0.119. The van der Waals surface area contributed by atoms with Gasteiger partial charge in [0, 0.05) is 43.4 Å². The average Bonchev–Trinajstić information content (AvgIpc) is 3.03. The molecule has 5 heteroatoms. The van der Waals surface area contributed by atoms with Crippen LogP contribution in [0.2, 0.25) is 0 Å². The Labute approximate surface area is 121 Å². The van der Waals surface area contributed by atoms with Crippen molar-refractivity contribution in [3.8, 4) is 0 Å². The Bertz CT molecular complexity index is 446. The maximum absolute atomic E-state index is 11.8. The van der Waals surface area contributed by atoms with Crippen LogP contribution in [-0.2, 0) is 16.8 Å². The van der Waals surface area contributed by atoms with E-state index in [0.717, 1.165) is 26.1 Å². The number of nitrogens with one attached hydrogen (secondary N) is 2. The molecule has 0 aliphatic carbocycles. The van der Waals surface area contributed by atoms with Gasteiger partial charge in [-0.15, -0.1) is 0 Å². The summed E-state index contributed by atoms with van der Waals surface area (Å²) in [6.45, 7) is 9.95. The number of hydrogen-bond donors (Lipinski definition) is 2. The van der Waals surface area contributed by atoms with Gasteiger partial charge in [0.1, 0.15) is 0 Å². The Kier molecular flexibility index (Phi) is 4.81. The third-order valence-corrected chi connectivity index (χ3v) is 3.99. The third-order valence-electron chi connectivity index (χ3n) is 3.99. The lowest BCUT2D eigenvalue weighted by molar-refractivity contribution is -0.121. The standard InChI is InChI=1S/C15H26N4O/c1-12(2)8-18-14(20)4-7-19-11-17-9-13(19)15(3)5-6-16-10-15/h9,11-12,16H,4-8,10H2,1-3H3,(H,18,20). The lowest BCUT2D eigenvalue weighted by atomic mass is 9.86. The zero-order valence-corrected chi connectivity index (χ0v) is 12.8. The highest BCUT2D eigenvalue weighted by atomic mass is 16.1. The molecule has 1 amide bonds. The van der Waals surface area contributed by atoms with Crippen LogP contribution >= 0.6 is 0 Å². The van der Waals surface area contributed by atoms with Crippen molar-refractivity contribution in [1.29, 1.82) is 0 Å². The van der Waals surface area contributed by atoms with Gasteiger partial charge in [0.2, 0.25) is 5.91 Å². The van der Waals surface area contributed by atoms with Crippen molar-refractivity contribution in [3.05, 3.63) is 18.2 Å². The number of aryl methyl sites for hydroxylation is 1. The van der Waals surface area contributed by atoms with Gasteiger partial charge in [-0.2, -0.15) is 0 Å². The Morgan fingerprint density at radius 1 is 1.60 bits per heavy atom. The van der Waals surface area contributed by atoms with E-state index < -0.39 is 0 Å². The van der Waals surface area contributed by atoms with E-state index in [4.69, 9.17) is 0 Å². The molecular formula is C15H26N4O. The molecule has 1 unspecified atom stereocenters. The maximum Gasteiger partial charge on any atom is 0.221 e. The van der Waals surface area contributed by atoms with Crippen molar-refractivity contribution in [1.82, 2.24) is 20.2 Å². The van der Waals surface area contributed by atoms with Crippen molar-refractivity contribution in [3.63, 3.8) is 0 Å². The first-order valence-electron chi connectivity index (χ1n) is 7.49. The molecule has 112 valence electrons. The van der Waals surface area contributed by atoms with E-state index >= 15 is 0 Å². The van der Waals surface area contributed by atoms with E-state index in [1.807, 2.05) is 12.5 Å². The fraction of sp³-hybridized carbons (Fsp3) is 0.733. The van der Waals surface area contributed by atoms with Gasteiger partial charge in [0.15, 0.2) is 0 Å². The molecule has 1 aliphatic heterocycles. The van der Waals surface area contributed by atoms with Crippen molar-refractivity contribution < 1.29 is 4.79 Å². The Morgan fingerprint density at radius 3 is 3.05 bits per heavy atom. The van der Waals surface area contributed by atoms with Crippen molar-refractivity contribution in [2.75, 3.05) is 19.6 Å². The quantitative estimate of drug-likeness (QED) is 0.824. The molecule has 1 aliphatic rings. The molecule has 1 atom stereocenters. The number of imidazole rings is 1. The van der Waals surface area contributed by atoms with Gasteiger partial charge in [0.05, 0.1) is 6.33 Å². The van der Waals surface area contributed by atoms with Crippen LogP contribution in [0.4, 0.5) is 0 Å². The summed E-state index contributed by atoms with van der Waals surface area (Å²) in [6, 6.07) is 0. The summed E-state index contributed by atoms with van der Waals surface area (Å²) in [7, 11) is 0. The highest BCUT2D eigenvalue weighted by molar-refractivity contribution is 5.75. The highest BCUT2D eigenvalue weighted by Gasteiger charge is 2.33. The fourth-order valence-electron chi connectivity index (χ4n) is 2.67. The molecule has 0 aromatic carbocycles. The minimum atomic E-state index is 0.119. The summed E-state index contributed by atoms with van der Waals surface area (Å²) in [4.78, 5) is 16.1. The van der Waals surface area contributed by atoms with Crippen molar-refractivity contribution in [2.45, 2.75) is 45.6 Å². The SMILES string of the molecule is CC(C)CNC(=O)CCn1cncc1C1(C)CCNC1. The lowest BCUT2D eigenvalue weighted by Crippen LogP contribution is -2.30. The van der Waals surface area contributed by atoms with E-state index in [1.54, 1.807) is 0 Å². The summed E-state index contributed by atoms with van der Waals surface area (Å²) in [6.07, 6.45) is 5.42. The topological polar surface area (TPSA) is 59.0 Å². The molecular weight excluding hydrogens is 252 g/mol. The Balaban J connectivity index is 1.91. The summed E-state index contributed by atoms with van der Waals surface area (Å²) in [5.74, 6) is 0.610. The molecule has 1 aromatic rings. The highest BCUT2D eigenvalue weighted by Crippen LogP contribution is 2.29. The van der Waals surface area contributed by atoms with Crippen LogP contribution < -0.4 is 10.6 Å². The molecule has 1 fully saturated rings. The fourth-order valence-corrected chi connectivity index (χ4v) is 2.67. The number of hydrogen-bond acceptors (Lipinski definition) is 3. The van der Waals surface area contributed by atoms with E-state index in [-0.39, 0.29) is 11.3 Å². The summed E-state index contributed by atoms with van der Waals surface area (Å²) < 4.78 is 2.13. The van der Waals surface area contributed by atoms with Gasteiger partial charge in [-0.1, -0.05) is 20.8 Å². The second kappa shape index (κ2) is 6.39. The predicted molar refractivity (Wildman–Crippen MR) is 79.5 cm³/mol. The first kappa shape index (κ1) is 15.0. The number of rotatable bonds is 6. The average molecular weight is 278 g/mol. The van der Waals surface area contributed by atoms with Gasteiger partial charge in [-0.3, -0.25) is 4.79 Å². The predicted octanol–water partition coefficient (Wildman–Crippen LogP) is 1.30. The first-order valence-corrected chi connectivity index (χ1v) is 7.49. The number of nitrogens with zero attached hydrogens (tertiary/aromatic N) is 2. The molecule has 1 aromatic heterocycles. The van der Waals surface area contributed by atoms with Gasteiger partial charge < -0.3 is 15.2 Å². The molecule has 0 radical (unpaired) electrons. The van der Waals surface area contributed by atoms with Crippen molar-refractivity contribution >= 4 is 5.91 Å². The Morgan fingerprint density at radius 2 is 2.40 bits per heavy atom. The number of carbonyl (C=O) groups is 1. The van der Waals surface area contributed by atoms with Crippen LogP contribution in [0.25, 0.3) is 0 Å². The monoisotopic (exact) mass is 278 g/mol. The molecule has 0 spiro atoms. The van der Waals surface area contributed by atoms with Crippen LogP contribution in [0.15, 0.2) is 12.5 Å². The lowest BCUT2D eigenvalue weighted by Gasteiger charge is -2.24. The van der Waals surface area contributed by atoms with E-state index in [0.29, 0.717) is 18.9 Å². The summed E-state index contributed by atoms with van der Waals surface area (Å²) >= 11 is 0. The summed E-state index contributed by atoms with van der Waals surface area (Å²) in [5, 5.41) is 6.36. The molecule has 2 N–H and O–H groups in total. The smallest absolute Gasteiger partial charge is 0.221 e. The second-order valence-electron chi connectivity index (χ2n) is 6.41. The van der Waals surface area contributed by atoms with Crippen LogP contribution in [0.1, 0.15) is 39.3 Å². The van der Waals surface area contributed by atoms with Crippen LogP contribution in [-0.4, -0.2) is 35.1 Å². The van der Waals surface area contributed by atoms with Gasteiger partial charge in [-0.05, 0) is 18.9 Å². The number of aromatic nitrogens is 2. The first-order chi connectivity index (χ1) is 9.51. The molecule has 0 saturated carbocycles. The van der Waals surface area contributed by atoms with Gasteiger partial charge in [-0.25, -0.2) is 4.98 Å². The number of amides is 1. The van der Waals surface area contributed by atoms with E-state index in [9.17, 15) is 4.79 Å². The van der Waals surface area contributed by atoms with Crippen LogP contribution in [0.5, 0.6) is 0 Å². The van der Waals surface area contributed by atoms with Gasteiger partial charge in [0.25, 0.3) is 0 Å². The van der Waals surface area contributed by atoms with Crippen molar-refractivity contribution in [2.24, 2.45) is 5.92 Å². The molecule has 1 saturated heterocycles. The van der Waals surface area contributed by atoms with E-state index in [1.165, 1.54) is 5.69 Å².